The molecule has 8 nitrogen and oxygen atoms in total. The highest BCUT2D eigenvalue weighted by molar-refractivity contribution is 7.92. The topological polar surface area (TPSA) is 96.0 Å². The van der Waals surface area contributed by atoms with E-state index in [9.17, 15) is 18.0 Å². The first-order valence-corrected chi connectivity index (χ1v) is 14.4. The highest BCUT2D eigenvalue weighted by Crippen LogP contribution is 2.25. The number of nitrogens with one attached hydrogen (secondary N) is 1. The minimum atomic E-state index is -4.09. The Balaban J connectivity index is 2.02. The number of benzene rings is 3. The van der Waals surface area contributed by atoms with Crippen molar-refractivity contribution in [2.45, 2.75) is 51.6 Å². The predicted molar refractivity (Wildman–Crippen MR) is 153 cm³/mol. The average molecular weight is 552 g/mol. The third-order valence-corrected chi connectivity index (χ3v) is 8.20. The maximum atomic E-state index is 13.9. The van der Waals surface area contributed by atoms with Gasteiger partial charge in [-0.2, -0.15) is 0 Å². The zero-order valence-corrected chi connectivity index (χ0v) is 24.0. The lowest BCUT2D eigenvalue weighted by Gasteiger charge is -2.32. The van der Waals surface area contributed by atoms with E-state index in [0.717, 1.165) is 27.4 Å². The first kappa shape index (κ1) is 29.7. The Morgan fingerprint density at radius 1 is 0.949 bits per heavy atom. The van der Waals surface area contributed by atoms with E-state index in [1.54, 1.807) is 68.6 Å². The molecule has 1 N–H and O–H groups in total. The second-order valence-electron chi connectivity index (χ2n) is 9.50. The van der Waals surface area contributed by atoms with E-state index in [2.05, 4.69) is 5.32 Å². The summed E-state index contributed by atoms with van der Waals surface area (Å²) < 4.78 is 34.1. The van der Waals surface area contributed by atoms with Gasteiger partial charge in [0.05, 0.1) is 17.7 Å². The fraction of sp³-hybridized carbons (Fsp3) is 0.333. The van der Waals surface area contributed by atoms with Crippen molar-refractivity contribution in [1.29, 1.82) is 0 Å². The number of nitrogens with zero attached hydrogens (tertiary/aromatic N) is 2. The van der Waals surface area contributed by atoms with Gasteiger partial charge in [-0.1, -0.05) is 54.4 Å². The van der Waals surface area contributed by atoms with Crippen molar-refractivity contribution in [1.82, 2.24) is 10.2 Å². The molecule has 0 aromatic heterocycles. The molecule has 0 radical (unpaired) electrons. The summed E-state index contributed by atoms with van der Waals surface area (Å²) in [6.07, 6.45) is 0.748. The summed E-state index contributed by atoms with van der Waals surface area (Å²) in [5.41, 5.74) is 2.99. The van der Waals surface area contributed by atoms with E-state index < -0.39 is 28.5 Å². The Bertz CT molecular complexity index is 1370. The summed E-state index contributed by atoms with van der Waals surface area (Å²) in [5.74, 6) is -0.198. The molecule has 3 rings (SSSR count). The molecule has 3 aromatic carbocycles. The largest absolute Gasteiger partial charge is 0.497 e. The molecule has 9 heteroatoms. The molecule has 0 aliphatic carbocycles. The van der Waals surface area contributed by atoms with Crippen molar-refractivity contribution in [2.75, 3.05) is 24.5 Å². The second-order valence-corrected chi connectivity index (χ2v) is 11.4. The van der Waals surface area contributed by atoms with Gasteiger partial charge in [-0.3, -0.25) is 13.9 Å². The van der Waals surface area contributed by atoms with Crippen LogP contribution in [0.3, 0.4) is 0 Å². The number of methoxy groups -OCH3 is 1. The van der Waals surface area contributed by atoms with E-state index in [1.165, 1.54) is 17.0 Å². The number of rotatable bonds is 12. The van der Waals surface area contributed by atoms with Gasteiger partial charge < -0.3 is 15.0 Å². The van der Waals surface area contributed by atoms with Crippen LogP contribution in [-0.2, 0) is 26.2 Å². The molecule has 208 valence electrons. The zero-order valence-electron chi connectivity index (χ0n) is 23.2. The Kier molecular flexibility index (Phi) is 10.1. The highest BCUT2D eigenvalue weighted by atomic mass is 32.2. The quantitative estimate of drug-likeness (QED) is 0.359. The van der Waals surface area contributed by atoms with Gasteiger partial charge in [0, 0.05) is 13.1 Å². The molecule has 0 fully saturated rings. The molecule has 1 atom stereocenters. The molecular weight excluding hydrogens is 514 g/mol. The maximum absolute atomic E-state index is 13.9. The SMILES string of the molecule is CCCNC(=O)[C@@H](C)N(Cc1cccc(OC)c1)C(=O)CN(c1ccc(C)cc1)S(=O)(=O)c1ccc(C)cc1. The zero-order chi connectivity index (χ0) is 28.6. The summed E-state index contributed by atoms with van der Waals surface area (Å²) in [4.78, 5) is 28.3. The Morgan fingerprint density at radius 3 is 2.15 bits per heavy atom. The molecule has 0 spiro atoms. The smallest absolute Gasteiger partial charge is 0.264 e. The fourth-order valence-electron chi connectivity index (χ4n) is 4.02. The molecule has 0 saturated carbocycles. The number of carbonyl (C=O) groups is 2. The molecule has 0 saturated heterocycles. The monoisotopic (exact) mass is 551 g/mol. The van der Waals surface area contributed by atoms with Crippen molar-refractivity contribution in [3.8, 4) is 5.75 Å². The fourth-order valence-corrected chi connectivity index (χ4v) is 5.44. The third-order valence-electron chi connectivity index (χ3n) is 6.41. The molecule has 0 unspecified atom stereocenters. The van der Waals surface area contributed by atoms with Crippen molar-refractivity contribution in [3.05, 3.63) is 89.5 Å². The maximum Gasteiger partial charge on any atom is 0.264 e. The Morgan fingerprint density at radius 2 is 1.56 bits per heavy atom. The molecular formula is C30H37N3O5S. The molecule has 0 aliphatic heterocycles. The molecule has 0 aliphatic rings. The van der Waals surface area contributed by atoms with Gasteiger partial charge in [-0.25, -0.2) is 8.42 Å². The number of sulfonamides is 1. The molecule has 2 amide bonds. The molecule has 0 bridgehead atoms. The lowest BCUT2D eigenvalue weighted by Crippen LogP contribution is -2.51. The van der Waals surface area contributed by atoms with Gasteiger partial charge >= 0.3 is 0 Å². The Hall–Kier alpha value is -3.85. The molecule has 3 aromatic rings. The van der Waals surface area contributed by atoms with Gasteiger partial charge in [-0.05, 0) is 69.2 Å². The Labute approximate surface area is 231 Å². The van der Waals surface area contributed by atoms with Crippen LogP contribution < -0.4 is 14.4 Å². The van der Waals surface area contributed by atoms with E-state index in [4.69, 9.17) is 4.74 Å². The number of amides is 2. The van der Waals surface area contributed by atoms with Crippen LogP contribution in [0.5, 0.6) is 5.75 Å². The number of carbonyl (C=O) groups excluding carboxylic acids is 2. The molecule has 0 heterocycles. The van der Waals surface area contributed by atoms with E-state index in [0.29, 0.717) is 18.0 Å². The van der Waals surface area contributed by atoms with Crippen molar-refractivity contribution >= 4 is 27.5 Å². The van der Waals surface area contributed by atoms with E-state index >= 15 is 0 Å². The van der Waals surface area contributed by atoms with Crippen molar-refractivity contribution in [3.63, 3.8) is 0 Å². The van der Waals surface area contributed by atoms with Gasteiger partial charge in [-0.15, -0.1) is 0 Å². The highest BCUT2D eigenvalue weighted by Gasteiger charge is 2.32. The summed E-state index contributed by atoms with van der Waals surface area (Å²) in [6, 6.07) is 19.8. The third kappa shape index (κ3) is 7.60. The van der Waals surface area contributed by atoms with Crippen LogP contribution in [0.1, 0.15) is 37.0 Å². The van der Waals surface area contributed by atoms with Crippen molar-refractivity contribution < 1.29 is 22.7 Å². The first-order chi connectivity index (χ1) is 18.6. The van der Waals surface area contributed by atoms with Gasteiger partial charge in [0.2, 0.25) is 11.8 Å². The molecule has 39 heavy (non-hydrogen) atoms. The summed E-state index contributed by atoms with van der Waals surface area (Å²) >= 11 is 0. The number of hydrogen-bond acceptors (Lipinski definition) is 5. The van der Waals surface area contributed by atoms with Crippen LogP contribution in [0.15, 0.2) is 77.7 Å². The van der Waals surface area contributed by atoms with Gasteiger partial charge in [0.1, 0.15) is 18.3 Å². The number of hydrogen-bond donors (Lipinski definition) is 1. The number of anilines is 1. The van der Waals surface area contributed by atoms with Crippen molar-refractivity contribution in [2.24, 2.45) is 0 Å². The van der Waals surface area contributed by atoms with Crippen LogP contribution in [0, 0.1) is 13.8 Å². The standard InChI is InChI=1S/C30H37N3O5S/c1-6-18-31-30(35)24(4)32(20-25-8-7-9-27(19-25)38-5)29(34)21-33(26-14-10-22(2)11-15-26)39(36,37)28-16-12-23(3)13-17-28/h7-17,19,24H,6,18,20-21H2,1-5H3,(H,31,35)/t24-/m1/s1. The minimum absolute atomic E-state index is 0.0783. The average Bonchev–Trinajstić information content (AvgIpc) is 2.93. The van der Waals surface area contributed by atoms with Crippen LogP contribution in [0.4, 0.5) is 5.69 Å². The van der Waals surface area contributed by atoms with Crippen LogP contribution in [0.2, 0.25) is 0 Å². The minimum Gasteiger partial charge on any atom is -0.497 e. The van der Waals surface area contributed by atoms with E-state index in [-0.39, 0.29) is 17.3 Å². The van der Waals surface area contributed by atoms with Gasteiger partial charge in [0.15, 0.2) is 0 Å². The normalized spacial score (nSPS) is 11.9. The van der Waals surface area contributed by atoms with Gasteiger partial charge in [0.25, 0.3) is 10.0 Å². The first-order valence-electron chi connectivity index (χ1n) is 12.9. The number of ether oxygens (including phenoxy) is 1. The summed E-state index contributed by atoms with van der Waals surface area (Å²) in [5, 5.41) is 2.84. The lowest BCUT2D eigenvalue weighted by atomic mass is 10.1. The predicted octanol–water partition coefficient (Wildman–Crippen LogP) is 4.45. The second kappa shape index (κ2) is 13.3. The summed E-state index contributed by atoms with van der Waals surface area (Å²) in [6.45, 7) is 7.46. The summed E-state index contributed by atoms with van der Waals surface area (Å²) in [7, 11) is -2.54. The number of aryl methyl sites for hydroxylation is 2. The van der Waals surface area contributed by atoms with Crippen LogP contribution >= 0.6 is 0 Å². The lowest BCUT2D eigenvalue weighted by molar-refractivity contribution is -0.139. The van der Waals surface area contributed by atoms with Crippen LogP contribution in [0.25, 0.3) is 0 Å². The van der Waals surface area contributed by atoms with Crippen LogP contribution in [-0.4, -0.2) is 51.4 Å². The van der Waals surface area contributed by atoms with E-state index in [1.807, 2.05) is 26.8 Å².